The molecular formula is C14H25NO3. The summed E-state index contributed by atoms with van der Waals surface area (Å²) in [7, 11) is 1.41. The number of nitrogens with zero attached hydrogens (tertiary/aromatic N) is 1. The SMILES string of the molecule is CC.CC(C)=O.COC(=O)CCCn1cccc1. The number of esters is 1. The summed E-state index contributed by atoms with van der Waals surface area (Å²) in [4.78, 5) is 20.2. The van der Waals surface area contributed by atoms with Crippen molar-refractivity contribution in [3.8, 4) is 0 Å². The van der Waals surface area contributed by atoms with Crippen molar-refractivity contribution in [3.63, 3.8) is 0 Å². The highest BCUT2D eigenvalue weighted by Gasteiger charge is 1.98. The number of aryl methyl sites for hydroxylation is 1. The largest absolute Gasteiger partial charge is 0.469 e. The van der Waals surface area contributed by atoms with Crippen molar-refractivity contribution in [3.05, 3.63) is 24.5 Å². The number of hydrogen-bond acceptors (Lipinski definition) is 3. The predicted molar refractivity (Wildman–Crippen MR) is 73.4 cm³/mol. The fourth-order valence-electron chi connectivity index (χ4n) is 1.03. The molecule has 0 fully saturated rings. The maximum absolute atomic E-state index is 10.7. The highest BCUT2D eigenvalue weighted by molar-refractivity contribution is 5.72. The summed E-state index contributed by atoms with van der Waals surface area (Å²) in [6.45, 7) is 7.93. The lowest BCUT2D eigenvalue weighted by Gasteiger charge is -2.00. The van der Waals surface area contributed by atoms with E-state index in [1.807, 2.05) is 42.9 Å². The van der Waals surface area contributed by atoms with Crippen LogP contribution in [0.25, 0.3) is 0 Å². The summed E-state index contributed by atoms with van der Waals surface area (Å²) in [5, 5.41) is 0. The molecule has 0 saturated carbocycles. The molecule has 1 aromatic heterocycles. The van der Waals surface area contributed by atoms with E-state index in [1.165, 1.54) is 21.0 Å². The van der Waals surface area contributed by atoms with Crippen LogP contribution in [0.2, 0.25) is 0 Å². The number of rotatable bonds is 4. The van der Waals surface area contributed by atoms with Gasteiger partial charge >= 0.3 is 5.97 Å². The molecule has 0 aliphatic rings. The van der Waals surface area contributed by atoms with Gasteiger partial charge in [0, 0.05) is 25.4 Å². The molecule has 0 unspecified atom stereocenters. The minimum Gasteiger partial charge on any atom is -0.469 e. The smallest absolute Gasteiger partial charge is 0.305 e. The van der Waals surface area contributed by atoms with Crippen LogP contribution in [0.4, 0.5) is 0 Å². The van der Waals surface area contributed by atoms with E-state index in [2.05, 4.69) is 4.74 Å². The van der Waals surface area contributed by atoms with Gasteiger partial charge in [0.25, 0.3) is 0 Å². The number of aromatic nitrogens is 1. The molecule has 4 heteroatoms. The van der Waals surface area contributed by atoms with Crippen molar-refractivity contribution in [2.75, 3.05) is 7.11 Å². The summed E-state index contributed by atoms with van der Waals surface area (Å²) in [5.41, 5.74) is 0. The third-order valence-corrected chi connectivity index (χ3v) is 1.69. The van der Waals surface area contributed by atoms with Crippen molar-refractivity contribution >= 4 is 11.8 Å². The van der Waals surface area contributed by atoms with E-state index in [0.29, 0.717) is 6.42 Å². The minimum absolute atomic E-state index is 0.137. The molecular weight excluding hydrogens is 230 g/mol. The second-order valence-electron chi connectivity index (χ2n) is 3.51. The topological polar surface area (TPSA) is 48.3 Å². The normalized spacial score (nSPS) is 8.28. The third kappa shape index (κ3) is 14.4. The number of carbonyl (C=O) groups excluding carboxylic acids is 2. The zero-order valence-corrected chi connectivity index (χ0v) is 12.1. The number of ketones is 1. The second-order valence-corrected chi connectivity index (χ2v) is 3.51. The zero-order chi connectivity index (χ0) is 14.4. The molecule has 0 aliphatic heterocycles. The van der Waals surface area contributed by atoms with Gasteiger partial charge in [0.1, 0.15) is 5.78 Å². The van der Waals surface area contributed by atoms with Gasteiger partial charge in [0.15, 0.2) is 0 Å². The summed E-state index contributed by atoms with van der Waals surface area (Å²) < 4.78 is 6.57. The van der Waals surface area contributed by atoms with Crippen molar-refractivity contribution in [2.45, 2.75) is 47.1 Å². The Morgan fingerprint density at radius 3 is 1.94 bits per heavy atom. The van der Waals surface area contributed by atoms with Crippen LogP contribution in [0.1, 0.15) is 40.5 Å². The molecule has 1 rings (SSSR count). The third-order valence-electron chi connectivity index (χ3n) is 1.69. The molecule has 0 aromatic carbocycles. The number of Topliss-reactive ketones (excluding diaryl/α,β-unsaturated/α-hetero) is 1. The fourth-order valence-corrected chi connectivity index (χ4v) is 1.03. The van der Waals surface area contributed by atoms with Crippen LogP contribution in [-0.2, 0) is 20.9 Å². The molecule has 18 heavy (non-hydrogen) atoms. The Kier molecular flexibility index (Phi) is 14.1. The first-order valence-electron chi connectivity index (χ1n) is 6.21. The van der Waals surface area contributed by atoms with Gasteiger partial charge in [-0.05, 0) is 32.4 Å². The summed E-state index contributed by atoms with van der Waals surface area (Å²) in [6.07, 6.45) is 5.30. The van der Waals surface area contributed by atoms with Crippen LogP contribution in [-0.4, -0.2) is 23.4 Å². The molecule has 0 radical (unpaired) electrons. The van der Waals surface area contributed by atoms with Gasteiger partial charge in [-0.25, -0.2) is 0 Å². The maximum Gasteiger partial charge on any atom is 0.305 e. The Balaban J connectivity index is 0. The van der Waals surface area contributed by atoms with Gasteiger partial charge in [-0.15, -0.1) is 0 Å². The summed E-state index contributed by atoms with van der Waals surface area (Å²) in [5.74, 6) is 0.0298. The van der Waals surface area contributed by atoms with Gasteiger partial charge in [-0.2, -0.15) is 0 Å². The van der Waals surface area contributed by atoms with Gasteiger partial charge in [0.2, 0.25) is 0 Å². The van der Waals surface area contributed by atoms with E-state index in [4.69, 9.17) is 0 Å². The number of carbonyl (C=O) groups is 2. The van der Waals surface area contributed by atoms with Crippen molar-refractivity contribution in [2.24, 2.45) is 0 Å². The van der Waals surface area contributed by atoms with E-state index < -0.39 is 0 Å². The molecule has 4 nitrogen and oxygen atoms in total. The summed E-state index contributed by atoms with van der Waals surface area (Å²) >= 11 is 0. The average molecular weight is 255 g/mol. The Hall–Kier alpha value is -1.58. The predicted octanol–water partition coefficient (Wildman–Crippen LogP) is 3.06. The first kappa shape index (κ1) is 18.8. The first-order valence-corrected chi connectivity index (χ1v) is 6.21. The van der Waals surface area contributed by atoms with Gasteiger partial charge < -0.3 is 14.1 Å². The standard InChI is InChI=1S/C9H13NO2.C3H6O.C2H6/c1-12-9(11)5-4-8-10-6-2-3-7-10;1-3(2)4;1-2/h2-3,6-7H,4-5,8H2,1H3;1-2H3;1-2H3. The lowest BCUT2D eigenvalue weighted by Crippen LogP contribution is -2.02. The lowest BCUT2D eigenvalue weighted by atomic mass is 10.3. The molecule has 0 N–H and O–H groups in total. The quantitative estimate of drug-likeness (QED) is 0.777. The van der Waals surface area contributed by atoms with Crippen LogP contribution in [0, 0.1) is 0 Å². The van der Waals surface area contributed by atoms with Gasteiger partial charge in [-0.1, -0.05) is 13.8 Å². The minimum atomic E-state index is -0.137. The Labute approximate surface area is 110 Å². The van der Waals surface area contributed by atoms with Crippen molar-refractivity contribution < 1.29 is 14.3 Å². The maximum atomic E-state index is 10.7. The molecule has 1 aromatic rings. The van der Waals surface area contributed by atoms with E-state index in [0.717, 1.165) is 13.0 Å². The molecule has 0 bridgehead atoms. The van der Waals surface area contributed by atoms with E-state index in [1.54, 1.807) is 0 Å². The van der Waals surface area contributed by atoms with Crippen LogP contribution < -0.4 is 0 Å². The van der Waals surface area contributed by atoms with Crippen LogP contribution in [0.15, 0.2) is 24.5 Å². The molecule has 0 atom stereocenters. The average Bonchev–Trinajstić information content (AvgIpc) is 2.84. The number of hydrogen-bond donors (Lipinski definition) is 0. The molecule has 0 spiro atoms. The molecule has 0 aliphatic carbocycles. The zero-order valence-electron chi connectivity index (χ0n) is 12.1. The Morgan fingerprint density at radius 1 is 1.11 bits per heavy atom. The van der Waals surface area contributed by atoms with Gasteiger partial charge in [-0.3, -0.25) is 4.79 Å². The molecule has 0 amide bonds. The Morgan fingerprint density at radius 2 is 1.56 bits per heavy atom. The van der Waals surface area contributed by atoms with Crippen LogP contribution in [0.3, 0.4) is 0 Å². The van der Waals surface area contributed by atoms with E-state index in [9.17, 15) is 9.59 Å². The van der Waals surface area contributed by atoms with Crippen LogP contribution >= 0.6 is 0 Å². The van der Waals surface area contributed by atoms with Gasteiger partial charge in [0.05, 0.1) is 7.11 Å². The lowest BCUT2D eigenvalue weighted by molar-refractivity contribution is -0.140. The molecule has 1 heterocycles. The monoisotopic (exact) mass is 255 g/mol. The first-order chi connectivity index (χ1) is 8.56. The molecule has 0 saturated heterocycles. The van der Waals surface area contributed by atoms with Crippen LogP contribution in [0.5, 0.6) is 0 Å². The molecule has 104 valence electrons. The highest BCUT2D eigenvalue weighted by atomic mass is 16.5. The number of ether oxygens (including phenoxy) is 1. The van der Waals surface area contributed by atoms with Crippen molar-refractivity contribution in [1.82, 2.24) is 4.57 Å². The highest BCUT2D eigenvalue weighted by Crippen LogP contribution is 1.97. The van der Waals surface area contributed by atoms with E-state index in [-0.39, 0.29) is 11.8 Å². The Bertz CT molecular complexity index is 301. The second kappa shape index (κ2) is 13.5. The van der Waals surface area contributed by atoms with Crippen molar-refractivity contribution in [1.29, 1.82) is 0 Å². The summed E-state index contributed by atoms with van der Waals surface area (Å²) in [6, 6.07) is 3.94. The van der Waals surface area contributed by atoms with E-state index >= 15 is 0 Å². The number of methoxy groups -OCH3 is 1. The fraction of sp³-hybridized carbons (Fsp3) is 0.571.